The number of nitrogens with one attached hydrogen (secondary N) is 1. The molecule has 1 atom stereocenters. The number of rotatable bonds is 15. The molecule has 0 aromatic heterocycles. The van der Waals surface area contributed by atoms with Crippen molar-refractivity contribution in [1.29, 1.82) is 0 Å². The molecule has 4 rings (SSSR count). The summed E-state index contributed by atoms with van der Waals surface area (Å²) in [6, 6.07) is 26.2. The van der Waals surface area contributed by atoms with Gasteiger partial charge < -0.3 is 15.0 Å². The molecule has 12 heteroatoms. The van der Waals surface area contributed by atoms with Gasteiger partial charge in [-0.25, -0.2) is 8.42 Å². The molecule has 0 aliphatic carbocycles. The van der Waals surface area contributed by atoms with Gasteiger partial charge in [-0.15, -0.1) is 11.8 Å². The smallest absolute Gasteiger partial charge is 0.264 e. The predicted octanol–water partition coefficient (Wildman–Crippen LogP) is 7.09. The van der Waals surface area contributed by atoms with Gasteiger partial charge in [-0.3, -0.25) is 13.9 Å². The van der Waals surface area contributed by atoms with E-state index in [2.05, 4.69) is 5.32 Å². The van der Waals surface area contributed by atoms with Crippen molar-refractivity contribution in [1.82, 2.24) is 10.2 Å². The minimum absolute atomic E-state index is 0.0221. The van der Waals surface area contributed by atoms with E-state index in [9.17, 15) is 18.0 Å². The molecule has 0 radical (unpaired) electrons. The molecule has 0 saturated heterocycles. The lowest BCUT2D eigenvalue weighted by Crippen LogP contribution is -2.53. The van der Waals surface area contributed by atoms with E-state index in [-0.39, 0.29) is 29.5 Å². The lowest BCUT2D eigenvalue weighted by molar-refractivity contribution is -0.140. The first-order valence-electron chi connectivity index (χ1n) is 15.0. The number of hydrogen-bond donors (Lipinski definition) is 1. The maximum atomic E-state index is 14.5. The topological polar surface area (TPSA) is 96.0 Å². The van der Waals surface area contributed by atoms with Gasteiger partial charge >= 0.3 is 0 Å². The normalized spacial score (nSPS) is 11.9. The van der Waals surface area contributed by atoms with E-state index in [1.165, 1.54) is 28.8 Å². The largest absolute Gasteiger partial charge is 0.494 e. The van der Waals surface area contributed by atoms with Crippen molar-refractivity contribution >= 4 is 62.5 Å². The Kier molecular flexibility index (Phi) is 13.0. The van der Waals surface area contributed by atoms with Gasteiger partial charge in [0.15, 0.2) is 0 Å². The van der Waals surface area contributed by atoms with E-state index in [0.29, 0.717) is 34.5 Å². The highest BCUT2D eigenvalue weighted by atomic mass is 35.5. The van der Waals surface area contributed by atoms with Gasteiger partial charge in [-0.2, -0.15) is 0 Å². The number of nitrogens with zero attached hydrogens (tertiary/aromatic N) is 2. The van der Waals surface area contributed by atoms with Crippen molar-refractivity contribution in [2.45, 2.75) is 42.6 Å². The highest BCUT2D eigenvalue weighted by molar-refractivity contribution is 7.98. The Balaban J connectivity index is 1.81. The number of likely N-dealkylation sites (N-methyl/N-ethyl adjacent to an activating group) is 1. The monoisotopic (exact) mass is 713 g/mol. The fourth-order valence-corrected chi connectivity index (χ4v) is 7.25. The molecule has 4 aromatic carbocycles. The van der Waals surface area contributed by atoms with Gasteiger partial charge in [0.25, 0.3) is 10.0 Å². The van der Waals surface area contributed by atoms with Gasteiger partial charge in [0.05, 0.1) is 17.2 Å². The molecule has 8 nitrogen and oxygen atoms in total. The quantitative estimate of drug-likeness (QED) is 0.132. The van der Waals surface area contributed by atoms with Crippen LogP contribution in [0.2, 0.25) is 10.0 Å². The summed E-state index contributed by atoms with van der Waals surface area (Å²) >= 11 is 14.2. The minimum atomic E-state index is -4.24. The summed E-state index contributed by atoms with van der Waals surface area (Å²) in [7, 11) is -4.24. The van der Waals surface area contributed by atoms with Crippen LogP contribution in [0, 0.1) is 0 Å². The van der Waals surface area contributed by atoms with E-state index in [4.69, 9.17) is 27.9 Å². The molecule has 0 saturated carbocycles. The van der Waals surface area contributed by atoms with Crippen LogP contribution in [-0.4, -0.2) is 57.1 Å². The lowest BCUT2D eigenvalue weighted by atomic mass is 10.0. The molecular formula is C35H37Cl2N3O5S2. The summed E-state index contributed by atoms with van der Waals surface area (Å²) in [6.45, 7) is 3.77. The summed E-state index contributed by atoms with van der Waals surface area (Å²) in [4.78, 5) is 30.5. The highest BCUT2D eigenvalue weighted by Gasteiger charge is 2.35. The Labute approximate surface area is 291 Å². The Morgan fingerprint density at radius 2 is 1.60 bits per heavy atom. The van der Waals surface area contributed by atoms with Gasteiger partial charge in [-0.1, -0.05) is 59.6 Å². The Morgan fingerprint density at radius 3 is 2.19 bits per heavy atom. The molecule has 0 bridgehead atoms. The maximum Gasteiger partial charge on any atom is 0.264 e. The molecule has 0 unspecified atom stereocenters. The summed E-state index contributed by atoms with van der Waals surface area (Å²) in [5, 5.41) is 3.58. The van der Waals surface area contributed by atoms with E-state index in [1.807, 2.05) is 43.5 Å². The summed E-state index contributed by atoms with van der Waals surface area (Å²) in [5.41, 5.74) is 1.64. The van der Waals surface area contributed by atoms with Crippen LogP contribution in [0.3, 0.4) is 0 Å². The molecule has 0 aliphatic rings. The maximum absolute atomic E-state index is 14.5. The second-order valence-electron chi connectivity index (χ2n) is 10.5. The van der Waals surface area contributed by atoms with Gasteiger partial charge in [0.2, 0.25) is 11.8 Å². The van der Waals surface area contributed by atoms with Crippen molar-refractivity contribution in [2.75, 3.05) is 30.3 Å². The van der Waals surface area contributed by atoms with Crippen molar-refractivity contribution in [3.05, 3.63) is 118 Å². The average Bonchev–Trinajstić information content (AvgIpc) is 3.07. The van der Waals surface area contributed by atoms with Crippen molar-refractivity contribution in [2.24, 2.45) is 0 Å². The number of amides is 2. The fraction of sp³-hybridized carbons (Fsp3) is 0.257. The zero-order valence-corrected chi connectivity index (χ0v) is 29.5. The summed E-state index contributed by atoms with van der Waals surface area (Å²) in [6.07, 6.45) is 2.09. The number of thioether (sulfide) groups is 1. The average molecular weight is 715 g/mol. The van der Waals surface area contributed by atoms with E-state index >= 15 is 0 Å². The zero-order chi connectivity index (χ0) is 34.0. The van der Waals surface area contributed by atoms with Crippen LogP contribution >= 0.6 is 35.0 Å². The van der Waals surface area contributed by atoms with Crippen LogP contribution in [0.15, 0.2) is 107 Å². The first-order valence-corrected chi connectivity index (χ1v) is 18.4. The predicted molar refractivity (Wildman–Crippen MR) is 190 cm³/mol. The Hall–Kier alpha value is -3.70. The zero-order valence-electron chi connectivity index (χ0n) is 26.4. The number of carbonyl (C=O) groups is 2. The minimum Gasteiger partial charge on any atom is -0.494 e. The number of halogens is 2. The fourth-order valence-electron chi connectivity index (χ4n) is 4.96. The number of ether oxygens (including phenoxy) is 1. The molecule has 0 fully saturated rings. The van der Waals surface area contributed by atoms with Crippen LogP contribution < -0.4 is 14.4 Å². The third kappa shape index (κ3) is 9.44. The SMILES string of the molecule is CCNC(=O)[C@H](Cc1ccccc1)N(Cc1ccc(Cl)cc1Cl)C(=O)CN(c1ccc(OCC)cc1)S(=O)(=O)c1ccc(SC)cc1. The standard InChI is InChI=1S/C35H37Cl2N3O5S2/c1-4-38-35(42)33(21-25-9-7-6-8-10-25)39(23-26-11-12-27(36)22-32(26)37)34(41)24-40(28-13-15-29(16-14-28)45-5-2)47(43,44)31-19-17-30(46-3)18-20-31/h6-20,22,33H,4-5,21,23-24H2,1-3H3,(H,38,42)/t33-/m0/s1. The van der Waals surface area contributed by atoms with Crippen LogP contribution in [-0.2, 0) is 32.6 Å². The molecule has 0 aliphatic heterocycles. The van der Waals surface area contributed by atoms with E-state index < -0.39 is 28.5 Å². The van der Waals surface area contributed by atoms with Crippen molar-refractivity contribution < 1.29 is 22.7 Å². The lowest BCUT2D eigenvalue weighted by Gasteiger charge is -2.34. The third-order valence-electron chi connectivity index (χ3n) is 7.34. The number of sulfonamides is 1. The second kappa shape index (κ2) is 16.9. The number of benzene rings is 4. The van der Waals surface area contributed by atoms with Crippen molar-refractivity contribution in [3.63, 3.8) is 0 Å². The Bertz CT molecular complexity index is 1760. The van der Waals surface area contributed by atoms with Crippen molar-refractivity contribution in [3.8, 4) is 5.75 Å². The van der Waals surface area contributed by atoms with Crippen LogP contribution in [0.25, 0.3) is 0 Å². The highest BCUT2D eigenvalue weighted by Crippen LogP contribution is 2.29. The molecule has 4 aromatic rings. The van der Waals surface area contributed by atoms with Gasteiger partial charge in [-0.05, 0) is 91.9 Å². The van der Waals surface area contributed by atoms with Crippen LogP contribution in [0.4, 0.5) is 5.69 Å². The summed E-state index contributed by atoms with van der Waals surface area (Å²) in [5.74, 6) is -0.415. The third-order valence-corrected chi connectivity index (χ3v) is 10.5. The summed E-state index contributed by atoms with van der Waals surface area (Å²) < 4.78 is 35.1. The molecule has 0 spiro atoms. The molecular weight excluding hydrogens is 677 g/mol. The van der Waals surface area contributed by atoms with E-state index in [0.717, 1.165) is 14.8 Å². The number of carbonyl (C=O) groups excluding carboxylic acids is 2. The number of anilines is 1. The number of hydrogen-bond acceptors (Lipinski definition) is 6. The molecule has 2 amide bonds. The molecule has 248 valence electrons. The second-order valence-corrected chi connectivity index (χ2v) is 14.1. The molecule has 47 heavy (non-hydrogen) atoms. The molecule has 1 N–H and O–H groups in total. The van der Waals surface area contributed by atoms with Gasteiger partial charge in [0, 0.05) is 34.5 Å². The molecule has 0 heterocycles. The Morgan fingerprint density at radius 1 is 0.915 bits per heavy atom. The first kappa shape index (κ1) is 36.1. The first-order chi connectivity index (χ1) is 22.6. The van der Waals surface area contributed by atoms with Crippen LogP contribution in [0.1, 0.15) is 25.0 Å². The van der Waals surface area contributed by atoms with Gasteiger partial charge in [0.1, 0.15) is 18.3 Å². The van der Waals surface area contributed by atoms with Crippen LogP contribution in [0.5, 0.6) is 5.75 Å². The van der Waals surface area contributed by atoms with E-state index in [1.54, 1.807) is 61.5 Å².